The van der Waals surface area contributed by atoms with Crippen molar-refractivity contribution in [3.05, 3.63) is 60.3 Å². The van der Waals surface area contributed by atoms with Crippen molar-refractivity contribution in [2.45, 2.75) is 11.8 Å². The number of esters is 1. The van der Waals surface area contributed by atoms with E-state index in [1.54, 1.807) is 25.8 Å². The molecule has 0 atom stereocenters. The van der Waals surface area contributed by atoms with Crippen LogP contribution in [-0.4, -0.2) is 35.3 Å². The van der Waals surface area contributed by atoms with Crippen LogP contribution in [-0.2, 0) is 4.74 Å². The summed E-state index contributed by atoms with van der Waals surface area (Å²) in [4.78, 5) is 18.4. The topological polar surface area (TPSA) is 52.8 Å². The third-order valence-electron chi connectivity index (χ3n) is 4.63. The molecule has 4 aromatic rings. The van der Waals surface area contributed by atoms with Gasteiger partial charge in [-0.15, -0.1) is 11.8 Å². The molecule has 142 valence electrons. The Morgan fingerprint density at radius 1 is 1.07 bits per heavy atom. The molecule has 0 aliphatic heterocycles. The monoisotopic (exact) mass is 392 g/mol. The highest BCUT2D eigenvalue weighted by atomic mass is 32.2. The van der Waals surface area contributed by atoms with Crippen LogP contribution in [0.1, 0.15) is 17.4 Å². The number of benzene rings is 2. The molecule has 0 bridgehead atoms. The summed E-state index contributed by atoms with van der Waals surface area (Å²) in [5, 5.41) is 1.09. The highest BCUT2D eigenvalue weighted by Gasteiger charge is 2.21. The van der Waals surface area contributed by atoms with E-state index >= 15 is 0 Å². The molecule has 0 aliphatic rings. The highest BCUT2D eigenvalue weighted by Crippen LogP contribution is 2.30. The Bertz CT molecular complexity index is 1170. The van der Waals surface area contributed by atoms with Crippen LogP contribution in [0.15, 0.2) is 59.5 Å². The molecule has 28 heavy (non-hydrogen) atoms. The standard InChI is InChI=1S/C22H20N2O3S/c1-4-27-22(25)20-19-11-7-15-13-17(28-3)10-12-18(15)24(19)21(23-20)14-5-8-16(26-2)9-6-14/h5-13H,4H2,1-3H3. The van der Waals surface area contributed by atoms with Crippen molar-refractivity contribution in [1.29, 1.82) is 0 Å². The molecule has 5 nitrogen and oxygen atoms in total. The zero-order chi connectivity index (χ0) is 19.7. The van der Waals surface area contributed by atoms with Crippen LogP contribution in [0, 0.1) is 0 Å². The van der Waals surface area contributed by atoms with Crippen LogP contribution in [0.2, 0.25) is 0 Å². The molecule has 0 saturated carbocycles. The molecule has 0 amide bonds. The Morgan fingerprint density at radius 3 is 2.50 bits per heavy atom. The smallest absolute Gasteiger partial charge is 0.359 e. The number of thioether (sulfide) groups is 1. The molecule has 6 heteroatoms. The fourth-order valence-corrected chi connectivity index (χ4v) is 3.73. The fraction of sp³-hybridized carbons (Fsp3) is 0.182. The van der Waals surface area contributed by atoms with Crippen LogP contribution < -0.4 is 4.74 Å². The number of methoxy groups -OCH3 is 1. The number of hydrogen-bond acceptors (Lipinski definition) is 5. The summed E-state index contributed by atoms with van der Waals surface area (Å²) in [7, 11) is 1.63. The maximum Gasteiger partial charge on any atom is 0.359 e. The summed E-state index contributed by atoms with van der Waals surface area (Å²) in [5.41, 5.74) is 2.94. The van der Waals surface area contributed by atoms with Crippen LogP contribution in [0.5, 0.6) is 5.75 Å². The van der Waals surface area contributed by atoms with Gasteiger partial charge in [0.1, 0.15) is 11.6 Å². The third kappa shape index (κ3) is 3.10. The number of nitrogens with zero attached hydrogens (tertiary/aromatic N) is 2. The van der Waals surface area contributed by atoms with Crippen LogP contribution >= 0.6 is 11.8 Å². The largest absolute Gasteiger partial charge is 0.497 e. The van der Waals surface area contributed by atoms with E-state index in [1.807, 2.05) is 40.8 Å². The summed E-state index contributed by atoms with van der Waals surface area (Å²) in [6.45, 7) is 2.10. The molecule has 2 aromatic heterocycles. The van der Waals surface area contributed by atoms with E-state index in [4.69, 9.17) is 9.47 Å². The summed E-state index contributed by atoms with van der Waals surface area (Å²) in [6.07, 6.45) is 2.05. The number of hydrogen-bond donors (Lipinski definition) is 0. The highest BCUT2D eigenvalue weighted by molar-refractivity contribution is 7.98. The molecule has 2 aromatic carbocycles. The van der Waals surface area contributed by atoms with Gasteiger partial charge in [-0.2, -0.15) is 0 Å². The average Bonchev–Trinajstić information content (AvgIpc) is 3.13. The third-order valence-corrected chi connectivity index (χ3v) is 5.35. The van der Waals surface area contributed by atoms with Crippen molar-refractivity contribution in [2.75, 3.05) is 20.0 Å². The normalized spacial score (nSPS) is 11.1. The van der Waals surface area contributed by atoms with Crippen molar-refractivity contribution >= 4 is 34.2 Å². The summed E-state index contributed by atoms with van der Waals surface area (Å²) < 4.78 is 12.5. The van der Waals surface area contributed by atoms with Gasteiger partial charge in [-0.3, -0.25) is 4.40 Å². The number of aromatic nitrogens is 2. The van der Waals surface area contributed by atoms with Crippen LogP contribution in [0.4, 0.5) is 0 Å². The lowest BCUT2D eigenvalue weighted by atomic mass is 10.1. The summed E-state index contributed by atoms with van der Waals surface area (Å²) in [6, 6.07) is 17.9. The van der Waals surface area contributed by atoms with E-state index in [0.717, 1.165) is 27.7 Å². The minimum atomic E-state index is -0.417. The van der Waals surface area contributed by atoms with Gasteiger partial charge in [0.2, 0.25) is 0 Å². The Kier molecular flexibility index (Phi) is 4.96. The predicted octanol–water partition coefficient (Wildman–Crippen LogP) is 5.06. The molecule has 0 aliphatic carbocycles. The molecule has 0 N–H and O–H groups in total. The van der Waals surface area contributed by atoms with Gasteiger partial charge in [0.05, 0.1) is 24.8 Å². The lowest BCUT2D eigenvalue weighted by molar-refractivity contribution is 0.0522. The Hall–Kier alpha value is -2.99. The SMILES string of the molecule is CCOC(=O)c1nc(-c2ccc(OC)cc2)n2c1ccc1cc(SC)ccc12. The van der Waals surface area contributed by atoms with Gasteiger partial charge in [0.15, 0.2) is 5.69 Å². The Morgan fingerprint density at radius 2 is 1.82 bits per heavy atom. The molecular formula is C22H20N2O3S. The molecule has 0 unspecified atom stereocenters. The van der Waals surface area contributed by atoms with Gasteiger partial charge in [-0.1, -0.05) is 6.07 Å². The van der Waals surface area contributed by atoms with Gasteiger partial charge in [-0.05, 0) is 67.1 Å². The van der Waals surface area contributed by atoms with E-state index < -0.39 is 5.97 Å². The summed E-state index contributed by atoms with van der Waals surface area (Å²) >= 11 is 1.70. The van der Waals surface area contributed by atoms with Crippen LogP contribution in [0.25, 0.3) is 27.8 Å². The number of rotatable bonds is 5. The molecule has 0 fully saturated rings. The number of fused-ring (bicyclic) bond motifs is 3. The van der Waals surface area contributed by atoms with E-state index in [-0.39, 0.29) is 0 Å². The average molecular weight is 392 g/mol. The molecule has 0 saturated heterocycles. The number of pyridine rings is 1. The van der Waals surface area contributed by atoms with Gasteiger partial charge < -0.3 is 9.47 Å². The first kappa shape index (κ1) is 18.4. The van der Waals surface area contributed by atoms with E-state index in [0.29, 0.717) is 18.1 Å². The molecule has 0 radical (unpaired) electrons. The van der Waals surface area contributed by atoms with Crippen molar-refractivity contribution in [3.63, 3.8) is 0 Å². The number of carbonyl (C=O) groups is 1. The van der Waals surface area contributed by atoms with Crippen molar-refractivity contribution in [1.82, 2.24) is 9.38 Å². The van der Waals surface area contributed by atoms with E-state index in [2.05, 4.69) is 29.4 Å². The lowest BCUT2D eigenvalue weighted by Gasteiger charge is -2.08. The number of ether oxygens (including phenoxy) is 2. The van der Waals surface area contributed by atoms with Crippen molar-refractivity contribution < 1.29 is 14.3 Å². The Balaban J connectivity index is 2.02. The Labute approximate surface area is 167 Å². The number of carbonyl (C=O) groups excluding carboxylic acids is 1. The second kappa shape index (κ2) is 7.56. The van der Waals surface area contributed by atoms with Crippen molar-refractivity contribution in [2.24, 2.45) is 0 Å². The van der Waals surface area contributed by atoms with Crippen molar-refractivity contribution in [3.8, 4) is 17.1 Å². The maximum absolute atomic E-state index is 12.5. The lowest BCUT2D eigenvalue weighted by Crippen LogP contribution is -2.05. The minimum Gasteiger partial charge on any atom is -0.497 e. The fourth-order valence-electron chi connectivity index (χ4n) is 3.28. The zero-order valence-corrected chi connectivity index (χ0v) is 16.7. The van der Waals surface area contributed by atoms with Gasteiger partial charge >= 0.3 is 5.97 Å². The first-order chi connectivity index (χ1) is 13.7. The van der Waals surface area contributed by atoms with Gasteiger partial charge in [-0.25, -0.2) is 9.78 Å². The maximum atomic E-state index is 12.5. The van der Waals surface area contributed by atoms with Gasteiger partial charge in [0, 0.05) is 10.5 Å². The predicted molar refractivity (Wildman–Crippen MR) is 112 cm³/mol. The van der Waals surface area contributed by atoms with Gasteiger partial charge in [0.25, 0.3) is 0 Å². The van der Waals surface area contributed by atoms with E-state index in [1.165, 1.54) is 4.90 Å². The van der Waals surface area contributed by atoms with E-state index in [9.17, 15) is 4.79 Å². The second-order valence-electron chi connectivity index (χ2n) is 6.21. The molecular weight excluding hydrogens is 372 g/mol. The number of imidazole rings is 1. The van der Waals surface area contributed by atoms with Crippen LogP contribution in [0.3, 0.4) is 0 Å². The first-order valence-corrected chi connectivity index (χ1v) is 10.2. The molecule has 2 heterocycles. The zero-order valence-electron chi connectivity index (χ0n) is 15.9. The molecule has 0 spiro atoms. The quantitative estimate of drug-likeness (QED) is 0.351. The minimum absolute atomic E-state index is 0.306. The second-order valence-corrected chi connectivity index (χ2v) is 7.09. The summed E-state index contributed by atoms with van der Waals surface area (Å²) in [5.74, 6) is 1.05. The molecule has 4 rings (SSSR count). The first-order valence-electron chi connectivity index (χ1n) is 8.97.